The molecule has 2 saturated heterocycles. The minimum Gasteiger partial charge on any atom is -0.494 e. The lowest BCUT2D eigenvalue weighted by molar-refractivity contribution is 0.0331. The molecule has 0 amide bonds. The van der Waals surface area contributed by atoms with Crippen LogP contribution in [-0.4, -0.2) is 128 Å². The van der Waals surface area contributed by atoms with E-state index in [1.165, 1.54) is 117 Å². The Bertz CT molecular complexity index is 3910. The van der Waals surface area contributed by atoms with Crippen LogP contribution < -0.4 is 35.1 Å². The molecule has 2 aliphatic heterocycles. The molecule has 528 valence electrons. The van der Waals surface area contributed by atoms with E-state index in [1.807, 2.05) is 42.5 Å². The van der Waals surface area contributed by atoms with Crippen LogP contribution >= 0.6 is 22.7 Å². The Morgan fingerprint density at radius 1 is 0.429 bits per heavy atom. The van der Waals surface area contributed by atoms with Crippen molar-refractivity contribution in [2.45, 2.75) is 150 Å². The summed E-state index contributed by atoms with van der Waals surface area (Å²) < 4.78 is 38.5. The van der Waals surface area contributed by atoms with E-state index < -0.39 is 12.3 Å². The number of piperazine rings is 2. The minimum atomic E-state index is -0.876. The summed E-state index contributed by atoms with van der Waals surface area (Å²) in [6.45, 7) is 16.4. The van der Waals surface area contributed by atoms with Crippen LogP contribution in [0.1, 0.15) is 137 Å². The number of hydrogen-bond acceptors (Lipinski definition) is 17. The van der Waals surface area contributed by atoms with Gasteiger partial charge in [-0.05, 0) is 158 Å². The highest BCUT2D eigenvalue weighted by Gasteiger charge is 2.21. The largest absolute Gasteiger partial charge is 0.515 e. The number of para-hydroxylation sites is 1. The third-order valence-electron chi connectivity index (χ3n) is 17.9. The number of aliphatic hydroxyl groups excluding tert-OH is 1. The topological polar surface area (TPSA) is 167 Å². The predicted octanol–water partition coefficient (Wildman–Crippen LogP) is 17.8. The summed E-state index contributed by atoms with van der Waals surface area (Å²) in [4.78, 5) is 59.6. The average molecular weight is 1380 g/mol. The molecule has 0 radical (unpaired) electrons. The quantitative estimate of drug-likeness (QED) is 0.0230. The van der Waals surface area contributed by atoms with E-state index in [9.17, 15) is 19.2 Å². The van der Waals surface area contributed by atoms with Crippen LogP contribution in [0.4, 0.5) is 21.0 Å². The molecule has 0 aliphatic carbocycles. The van der Waals surface area contributed by atoms with Crippen molar-refractivity contribution < 1.29 is 43.1 Å². The van der Waals surface area contributed by atoms with Gasteiger partial charge in [-0.1, -0.05) is 129 Å². The molecule has 9 aromatic rings. The second kappa shape index (κ2) is 42.1. The summed E-state index contributed by atoms with van der Waals surface area (Å²) >= 11 is 3.60. The van der Waals surface area contributed by atoms with Crippen molar-refractivity contribution in [2.24, 2.45) is 0 Å². The Balaban J connectivity index is 0.000000218. The van der Waals surface area contributed by atoms with Crippen LogP contribution in [0.2, 0.25) is 0 Å². The molecular weight excluding hydrogens is 1270 g/mol. The summed E-state index contributed by atoms with van der Waals surface area (Å²) in [6, 6.07) is 44.1. The molecule has 6 heterocycles. The number of aromatic nitrogens is 2. The van der Waals surface area contributed by atoms with Crippen LogP contribution in [0.25, 0.3) is 42.0 Å². The fourth-order valence-corrected chi connectivity index (χ4v) is 14.0. The van der Waals surface area contributed by atoms with Crippen molar-refractivity contribution in [2.75, 3.05) is 102 Å². The number of fused-ring (bicyclic) bond motifs is 4. The number of aliphatic hydroxyl groups is 1. The molecule has 0 atom stereocenters. The number of rotatable bonds is 34. The second-order valence-corrected chi connectivity index (χ2v) is 26.8. The lowest BCUT2D eigenvalue weighted by Gasteiger charge is -2.36. The molecule has 0 spiro atoms. The number of carbonyl (C=O) groups excluding carboxylic acids is 2. The standard InChI is InChI=1S/C36H47N3O5S.C33H33N3O5S.C9H20O.CH4/c1-2-3-4-5-6-7-9-25-43-36(41)44-28-39-33-27-30(16-14-29(33)15-17-35(39)40)42-24-10-8-19-37-20-22-38(23-21-37)32-12-11-13-34-31(32)18-26-45-34;37-32-14-12-25-11-13-27(23-30(25)36(32)24-40-33(38)41-26-7-2-1-3-8-26)39-21-5-4-16-34-17-19-35(20-18-34)29-9-6-10-31-28(29)15-22-42-31;1-2-3-4-5-6-7-8-9-10;/h11-18,26-27H,2-10,19-25,28H2,1H3;1-3,6-15,22-23H,4-5,16-21,24H2;10H,2-9H2,1H3;1H4. The Morgan fingerprint density at radius 3 is 1.35 bits per heavy atom. The summed E-state index contributed by atoms with van der Waals surface area (Å²) in [6.07, 6.45) is 19.3. The molecule has 5 aromatic carbocycles. The van der Waals surface area contributed by atoms with Gasteiger partial charge in [-0.3, -0.25) is 28.5 Å². The summed E-state index contributed by atoms with van der Waals surface area (Å²) in [5, 5.41) is 17.3. The van der Waals surface area contributed by atoms with Crippen LogP contribution in [-0.2, 0) is 27.7 Å². The highest BCUT2D eigenvalue weighted by atomic mass is 32.1. The molecule has 4 aromatic heterocycles. The smallest absolute Gasteiger partial charge is 0.494 e. The second-order valence-electron chi connectivity index (χ2n) is 24.9. The lowest BCUT2D eigenvalue weighted by Crippen LogP contribution is -2.46. The molecule has 98 heavy (non-hydrogen) atoms. The van der Waals surface area contributed by atoms with Gasteiger partial charge in [0.1, 0.15) is 17.2 Å². The Morgan fingerprint density at radius 2 is 0.867 bits per heavy atom. The first-order chi connectivity index (χ1) is 47.7. The maximum absolute atomic E-state index is 12.6. The number of pyridine rings is 2. The number of ether oxygens (including phenoxy) is 6. The van der Waals surface area contributed by atoms with E-state index in [2.05, 4.69) is 92.7 Å². The highest BCUT2D eigenvalue weighted by molar-refractivity contribution is 7.17. The van der Waals surface area contributed by atoms with Gasteiger partial charge in [-0.25, -0.2) is 9.59 Å². The molecule has 11 rings (SSSR count). The van der Waals surface area contributed by atoms with Crippen LogP contribution in [0.15, 0.2) is 160 Å². The zero-order valence-corrected chi connectivity index (χ0v) is 58.6. The van der Waals surface area contributed by atoms with E-state index in [0.717, 1.165) is 128 Å². The Labute approximate surface area is 587 Å². The number of hydrogen-bond donors (Lipinski definition) is 1. The van der Waals surface area contributed by atoms with Gasteiger partial charge in [0.2, 0.25) is 0 Å². The predicted molar refractivity (Wildman–Crippen MR) is 403 cm³/mol. The lowest BCUT2D eigenvalue weighted by atomic mass is 10.1. The van der Waals surface area contributed by atoms with Gasteiger partial charge in [0, 0.05) is 115 Å². The van der Waals surface area contributed by atoms with E-state index in [0.29, 0.717) is 54.7 Å². The maximum Gasteiger partial charge on any atom is 0.515 e. The molecule has 0 unspecified atom stereocenters. The fraction of sp³-hybridized carbons (Fsp3) is 0.468. The molecule has 17 nitrogen and oxygen atoms in total. The first kappa shape index (κ1) is 75.8. The zero-order chi connectivity index (χ0) is 67.7. The number of carbonyl (C=O) groups is 2. The molecule has 19 heteroatoms. The number of anilines is 2. The van der Waals surface area contributed by atoms with Gasteiger partial charge in [0.25, 0.3) is 11.1 Å². The van der Waals surface area contributed by atoms with Crippen molar-refractivity contribution in [1.29, 1.82) is 0 Å². The first-order valence-electron chi connectivity index (χ1n) is 35.4. The number of benzene rings is 5. The van der Waals surface area contributed by atoms with E-state index >= 15 is 0 Å². The molecule has 2 aliphatic rings. The molecule has 1 N–H and O–H groups in total. The number of nitrogens with zero attached hydrogens (tertiary/aromatic N) is 6. The first-order valence-corrected chi connectivity index (χ1v) is 37.1. The minimum absolute atomic E-state index is 0. The van der Waals surface area contributed by atoms with Crippen LogP contribution in [0, 0.1) is 0 Å². The van der Waals surface area contributed by atoms with Crippen LogP contribution in [0.5, 0.6) is 17.2 Å². The van der Waals surface area contributed by atoms with Crippen LogP contribution in [0.3, 0.4) is 0 Å². The van der Waals surface area contributed by atoms with E-state index in [1.54, 1.807) is 59.1 Å². The van der Waals surface area contributed by atoms with Crippen molar-refractivity contribution in [3.8, 4) is 17.2 Å². The molecule has 0 bridgehead atoms. The maximum atomic E-state index is 12.6. The summed E-state index contributed by atoms with van der Waals surface area (Å²) in [7, 11) is 0. The van der Waals surface area contributed by atoms with E-state index in [4.69, 9.17) is 33.5 Å². The van der Waals surface area contributed by atoms with Crippen molar-refractivity contribution in [3.63, 3.8) is 0 Å². The third-order valence-corrected chi connectivity index (χ3v) is 19.6. The van der Waals surface area contributed by atoms with Gasteiger partial charge < -0.3 is 43.3 Å². The SMILES string of the molecule is C.CCCCCCCCCO.CCCCCCCCCOC(=O)OCn1c(=O)ccc2ccc(OCCCCN3CCN(c4cccc5sccc45)CC3)cc21.O=C(OCn1c(=O)ccc2ccc(OCCCCN3CCN(c4cccc5sccc45)CC3)cc21)Oc1ccccc1. The molecule has 0 saturated carbocycles. The Hall–Kier alpha value is -7.94. The monoisotopic (exact) mass is 1380 g/mol. The van der Waals surface area contributed by atoms with Crippen molar-refractivity contribution in [1.82, 2.24) is 18.9 Å². The van der Waals surface area contributed by atoms with Gasteiger partial charge in [0.15, 0.2) is 13.5 Å². The van der Waals surface area contributed by atoms with Gasteiger partial charge in [-0.2, -0.15) is 0 Å². The summed E-state index contributed by atoms with van der Waals surface area (Å²) in [5.74, 6) is 1.74. The Kier molecular flexibility index (Phi) is 32.6. The highest BCUT2D eigenvalue weighted by Crippen LogP contribution is 2.33. The summed E-state index contributed by atoms with van der Waals surface area (Å²) in [5.41, 5.74) is 3.47. The molecular formula is C79H104N6O11S2. The van der Waals surface area contributed by atoms with Gasteiger partial charge in [-0.15, -0.1) is 22.7 Å². The van der Waals surface area contributed by atoms with Gasteiger partial charge in [0.05, 0.1) is 30.9 Å². The molecule has 2 fully saturated rings. The average Bonchev–Trinajstić information content (AvgIpc) is 1.29. The fourth-order valence-electron chi connectivity index (χ4n) is 12.3. The van der Waals surface area contributed by atoms with Crippen molar-refractivity contribution >= 4 is 88.3 Å². The normalized spacial score (nSPS) is 13.3. The van der Waals surface area contributed by atoms with Crippen molar-refractivity contribution in [3.05, 3.63) is 171 Å². The third kappa shape index (κ3) is 23.9. The number of thiophene rings is 2. The van der Waals surface area contributed by atoms with Gasteiger partial charge >= 0.3 is 12.3 Å². The zero-order valence-electron chi connectivity index (χ0n) is 57.0. The van der Waals surface area contributed by atoms with E-state index in [-0.39, 0.29) is 32.0 Å². The number of unbranched alkanes of at least 4 members (excludes halogenated alkanes) is 14.